The Bertz CT molecular complexity index is 1080. The average Bonchev–Trinajstić information content (AvgIpc) is 3.50. The third-order valence-corrected chi connectivity index (χ3v) is 7.98. The largest absolute Gasteiger partial charge is 0.368 e. The molecule has 0 bridgehead atoms. The van der Waals surface area contributed by atoms with Crippen LogP contribution in [-0.4, -0.2) is 50.7 Å². The van der Waals surface area contributed by atoms with E-state index in [-0.39, 0.29) is 42.0 Å². The predicted octanol–water partition coefficient (Wildman–Crippen LogP) is 2.98. The number of hydrogen-bond acceptors (Lipinski definition) is 7. The lowest BCUT2D eigenvalue weighted by atomic mass is 9.83. The third-order valence-electron chi connectivity index (χ3n) is 7.98. The minimum absolute atomic E-state index is 0.00641. The molecule has 35 heavy (non-hydrogen) atoms. The topological polar surface area (TPSA) is 111 Å². The summed E-state index contributed by atoms with van der Waals surface area (Å²) in [6, 6.07) is 9.28. The van der Waals surface area contributed by atoms with E-state index in [9.17, 15) is 10.1 Å². The van der Waals surface area contributed by atoms with Gasteiger partial charge in [-0.3, -0.25) is 4.79 Å². The van der Waals surface area contributed by atoms with Crippen LogP contribution in [-0.2, 0) is 4.79 Å². The number of rotatable bonds is 6. The van der Waals surface area contributed by atoms with Gasteiger partial charge in [0.2, 0.25) is 5.91 Å². The summed E-state index contributed by atoms with van der Waals surface area (Å²) in [5, 5.41) is 26.9. The molecule has 1 aromatic heterocycles. The number of anilines is 1. The van der Waals surface area contributed by atoms with Crippen molar-refractivity contribution in [3.05, 3.63) is 41.7 Å². The van der Waals surface area contributed by atoms with Gasteiger partial charge in [0.15, 0.2) is 0 Å². The number of nitrogens with zero attached hydrogens (tertiary/aromatic N) is 5. The lowest BCUT2D eigenvalue weighted by Crippen LogP contribution is -2.54. The van der Waals surface area contributed by atoms with Crippen molar-refractivity contribution in [2.24, 2.45) is 17.8 Å². The van der Waals surface area contributed by atoms with Crippen molar-refractivity contribution in [2.45, 2.75) is 77.2 Å². The molecule has 1 aromatic carbocycles. The van der Waals surface area contributed by atoms with Gasteiger partial charge in [0.1, 0.15) is 6.17 Å². The Labute approximate surface area is 207 Å². The monoisotopic (exact) mass is 476 g/mol. The van der Waals surface area contributed by atoms with Crippen LogP contribution in [0.4, 0.5) is 5.69 Å². The van der Waals surface area contributed by atoms with Crippen molar-refractivity contribution in [3.8, 4) is 6.07 Å². The van der Waals surface area contributed by atoms with Gasteiger partial charge < -0.3 is 10.6 Å². The molecule has 9 nitrogen and oxygen atoms in total. The quantitative estimate of drug-likeness (QED) is 0.588. The summed E-state index contributed by atoms with van der Waals surface area (Å²) < 4.78 is 1.92. The number of fused-ring (bicyclic) bond motifs is 1. The molecule has 0 spiro atoms. The number of carbonyl (C=O) groups excluding carboxylic acids is 1. The van der Waals surface area contributed by atoms with Gasteiger partial charge in [0, 0.05) is 30.5 Å². The van der Waals surface area contributed by atoms with E-state index in [1.165, 1.54) is 11.1 Å². The Morgan fingerprint density at radius 1 is 1.20 bits per heavy atom. The fraction of sp³-hybridized carbons (Fsp3) is 0.615. The lowest BCUT2D eigenvalue weighted by Gasteiger charge is -2.39. The average molecular weight is 477 g/mol. The number of amides is 1. The van der Waals surface area contributed by atoms with E-state index in [0.717, 1.165) is 37.8 Å². The van der Waals surface area contributed by atoms with Crippen LogP contribution in [0.3, 0.4) is 0 Å². The van der Waals surface area contributed by atoms with Crippen LogP contribution in [0.5, 0.6) is 0 Å². The van der Waals surface area contributed by atoms with Crippen LogP contribution >= 0.6 is 0 Å². The van der Waals surface area contributed by atoms with Crippen LogP contribution in [0.25, 0.3) is 0 Å². The maximum absolute atomic E-state index is 13.0. The third kappa shape index (κ3) is 4.53. The van der Waals surface area contributed by atoms with E-state index in [1.807, 2.05) is 10.9 Å². The highest BCUT2D eigenvalue weighted by molar-refractivity contribution is 5.82. The number of piperidine rings is 1. The molecule has 4 unspecified atom stereocenters. The zero-order chi connectivity index (χ0) is 24.5. The maximum Gasteiger partial charge on any atom is 0.228 e. The predicted molar refractivity (Wildman–Crippen MR) is 133 cm³/mol. The second kappa shape index (κ2) is 9.96. The fourth-order valence-electron chi connectivity index (χ4n) is 6.35. The number of aromatic nitrogens is 3. The summed E-state index contributed by atoms with van der Waals surface area (Å²) in [4.78, 5) is 13.0. The van der Waals surface area contributed by atoms with Crippen LogP contribution in [0, 0.1) is 36.0 Å². The van der Waals surface area contributed by atoms with Crippen molar-refractivity contribution < 1.29 is 4.79 Å². The standard InChI is InChI=1S/C26H36N8O/c1-16(2)24(33-13-12-29-32-33)20-9-8-19(14-17(20)3)30-25-23-22(10-11-28-26(23)35)34(31-25)21-7-5-4-6-18(21)15-27/h8-9,12-14,16,18,21-25,30-31H,4-7,10-11H2,1-3H3,(H,28,35)/t18-,21+,22?,23?,24?,25?/m1/s1. The van der Waals surface area contributed by atoms with Gasteiger partial charge in [-0.15, -0.1) is 5.10 Å². The van der Waals surface area contributed by atoms with Gasteiger partial charge >= 0.3 is 0 Å². The van der Waals surface area contributed by atoms with Crippen molar-refractivity contribution in [1.82, 2.24) is 30.7 Å². The van der Waals surface area contributed by atoms with E-state index in [2.05, 4.69) is 76.4 Å². The van der Waals surface area contributed by atoms with Gasteiger partial charge in [0.05, 0.1) is 30.1 Å². The molecule has 2 saturated heterocycles. The summed E-state index contributed by atoms with van der Waals surface area (Å²) in [6.45, 7) is 7.19. The Kier molecular flexibility index (Phi) is 6.76. The highest BCUT2D eigenvalue weighted by Crippen LogP contribution is 2.37. The smallest absolute Gasteiger partial charge is 0.228 e. The summed E-state index contributed by atoms with van der Waals surface area (Å²) in [5.41, 5.74) is 6.99. The van der Waals surface area contributed by atoms with E-state index in [4.69, 9.17) is 0 Å². The summed E-state index contributed by atoms with van der Waals surface area (Å²) in [6.07, 6.45) is 8.47. The molecule has 9 heteroatoms. The molecule has 3 aliphatic rings. The molecule has 3 N–H and O–H groups in total. The second-order valence-corrected chi connectivity index (χ2v) is 10.6. The van der Waals surface area contributed by atoms with Crippen LogP contribution in [0.1, 0.15) is 63.1 Å². The first kappa shape index (κ1) is 23.8. The first-order chi connectivity index (χ1) is 17.0. The summed E-state index contributed by atoms with van der Waals surface area (Å²) in [7, 11) is 0. The first-order valence-corrected chi connectivity index (χ1v) is 12.9. The molecule has 5 rings (SSSR count). The van der Waals surface area contributed by atoms with Gasteiger partial charge in [-0.05, 0) is 55.4 Å². The van der Waals surface area contributed by atoms with Crippen molar-refractivity contribution in [2.75, 3.05) is 11.9 Å². The Hall–Kier alpha value is -2.96. The number of nitriles is 1. The molecular weight excluding hydrogens is 440 g/mol. The van der Waals surface area contributed by atoms with Gasteiger partial charge in [-0.25, -0.2) is 15.1 Å². The van der Waals surface area contributed by atoms with Crippen LogP contribution < -0.4 is 16.1 Å². The first-order valence-electron chi connectivity index (χ1n) is 12.9. The zero-order valence-electron chi connectivity index (χ0n) is 20.8. The molecule has 2 aromatic rings. The molecular formula is C26H36N8O. The SMILES string of the molecule is Cc1cc(NC2NN([C@H]3CCCC[C@@H]3C#N)C3CCNC(=O)C23)ccc1C(C(C)C)n1ccnn1. The molecule has 2 aliphatic heterocycles. The van der Waals surface area contributed by atoms with Crippen LogP contribution in [0.15, 0.2) is 30.6 Å². The molecule has 1 saturated carbocycles. The summed E-state index contributed by atoms with van der Waals surface area (Å²) in [5.74, 6) is 0.238. The van der Waals surface area contributed by atoms with Gasteiger partial charge in [-0.2, -0.15) is 5.26 Å². The fourth-order valence-corrected chi connectivity index (χ4v) is 6.35. The number of hydrogen-bond donors (Lipinski definition) is 3. The Morgan fingerprint density at radius 2 is 2.03 bits per heavy atom. The second-order valence-electron chi connectivity index (χ2n) is 10.6. The Balaban J connectivity index is 1.38. The van der Waals surface area contributed by atoms with Gasteiger partial charge in [0.25, 0.3) is 0 Å². The molecule has 1 aliphatic carbocycles. The van der Waals surface area contributed by atoms with Crippen molar-refractivity contribution >= 4 is 11.6 Å². The Morgan fingerprint density at radius 3 is 2.74 bits per heavy atom. The minimum Gasteiger partial charge on any atom is -0.368 e. The molecule has 0 radical (unpaired) electrons. The lowest BCUT2D eigenvalue weighted by molar-refractivity contribution is -0.128. The van der Waals surface area contributed by atoms with E-state index in [1.54, 1.807) is 6.20 Å². The number of aryl methyl sites for hydroxylation is 1. The number of carbonyl (C=O) groups is 1. The highest BCUT2D eigenvalue weighted by Gasteiger charge is 2.51. The van der Waals surface area contributed by atoms with Crippen molar-refractivity contribution in [3.63, 3.8) is 0 Å². The van der Waals surface area contributed by atoms with Gasteiger partial charge in [-0.1, -0.05) is 38.0 Å². The van der Waals surface area contributed by atoms with Crippen molar-refractivity contribution in [1.29, 1.82) is 5.26 Å². The number of hydrazine groups is 1. The van der Waals surface area contributed by atoms with E-state index < -0.39 is 0 Å². The summed E-state index contributed by atoms with van der Waals surface area (Å²) >= 11 is 0. The maximum atomic E-state index is 13.0. The molecule has 3 heterocycles. The highest BCUT2D eigenvalue weighted by atomic mass is 16.2. The molecule has 3 fully saturated rings. The zero-order valence-corrected chi connectivity index (χ0v) is 20.8. The van der Waals surface area contributed by atoms with E-state index >= 15 is 0 Å². The normalized spacial score (nSPS) is 29.9. The van der Waals surface area contributed by atoms with Crippen LogP contribution in [0.2, 0.25) is 0 Å². The number of benzene rings is 1. The number of nitrogens with one attached hydrogen (secondary N) is 3. The molecule has 6 atom stereocenters. The van der Waals surface area contributed by atoms with E-state index in [0.29, 0.717) is 12.5 Å². The molecule has 1 amide bonds. The minimum atomic E-state index is -0.219. The molecule has 186 valence electrons.